The molecule has 1 N–H and O–H groups in total. The molecule has 2 fully saturated rings. The third-order valence-corrected chi connectivity index (χ3v) is 7.38. The predicted octanol–water partition coefficient (Wildman–Crippen LogP) is 4.76. The first-order valence-electron chi connectivity index (χ1n) is 11.3. The standard InChI is InChI=1S/C22H30BrN7/c1-15-5-7-16(8-6-15)21-24-22(17-13-18(23)20-19(14-17)25-28-26-20)30(27-21)12-11-29-9-3-2-4-10-29/h13-16H,2-12H2,1H3,(H,25,26,28). The van der Waals surface area contributed by atoms with Crippen LogP contribution in [0.1, 0.15) is 63.6 Å². The van der Waals surface area contributed by atoms with Crippen molar-refractivity contribution in [1.82, 2.24) is 35.1 Å². The van der Waals surface area contributed by atoms with Crippen molar-refractivity contribution >= 4 is 27.0 Å². The van der Waals surface area contributed by atoms with Gasteiger partial charge in [0.1, 0.15) is 11.0 Å². The molecular weight excluding hydrogens is 442 g/mol. The predicted molar refractivity (Wildman–Crippen MR) is 121 cm³/mol. The minimum Gasteiger partial charge on any atom is -0.301 e. The van der Waals surface area contributed by atoms with Crippen LogP contribution in [-0.2, 0) is 6.54 Å². The van der Waals surface area contributed by atoms with Crippen LogP contribution >= 0.6 is 15.9 Å². The summed E-state index contributed by atoms with van der Waals surface area (Å²) in [4.78, 5) is 7.64. The summed E-state index contributed by atoms with van der Waals surface area (Å²) in [5, 5.41) is 16.3. The van der Waals surface area contributed by atoms with Crippen LogP contribution in [0.25, 0.3) is 22.4 Å². The van der Waals surface area contributed by atoms with Gasteiger partial charge in [0.15, 0.2) is 11.6 Å². The number of nitrogens with zero attached hydrogens (tertiary/aromatic N) is 6. The minimum absolute atomic E-state index is 0.482. The van der Waals surface area contributed by atoms with Gasteiger partial charge in [0.2, 0.25) is 0 Å². The van der Waals surface area contributed by atoms with Gasteiger partial charge in [-0.2, -0.15) is 20.5 Å². The summed E-state index contributed by atoms with van der Waals surface area (Å²) in [6, 6.07) is 4.16. The zero-order valence-electron chi connectivity index (χ0n) is 17.6. The van der Waals surface area contributed by atoms with Crippen LogP contribution in [-0.4, -0.2) is 54.7 Å². The number of aromatic nitrogens is 6. The number of nitrogens with one attached hydrogen (secondary N) is 1. The molecule has 0 radical (unpaired) electrons. The van der Waals surface area contributed by atoms with Crippen LogP contribution < -0.4 is 0 Å². The second-order valence-electron chi connectivity index (χ2n) is 9.03. The number of rotatable bonds is 5. The minimum atomic E-state index is 0.482. The van der Waals surface area contributed by atoms with Crippen LogP contribution in [0.15, 0.2) is 16.6 Å². The quantitative estimate of drug-likeness (QED) is 0.580. The molecule has 5 rings (SSSR count). The molecule has 0 spiro atoms. The number of halogens is 1. The van der Waals surface area contributed by atoms with Crippen LogP contribution in [0.2, 0.25) is 0 Å². The number of hydrogen-bond donors (Lipinski definition) is 1. The number of H-pyrrole nitrogens is 1. The van der Waals surface area contributed by atoms with Gasteiger partial charge in [-0.1, -0.05) is 26.2 Å². The Labute approximate surface area is 185 Å². The normalized spacial score (nSPS) is 23.3. The average Bonchev–Trinajstić information content (AvgIpc) is 3.41. The molecule has 30 heavy (non-hydrogen) atoms. The van der Waals surface area contributed by atoms with Crippen LogP contribution in [0.4, 0.5) is 0 Å². The van der Waals surface area contributed by atoms with Crippen molar-refractivity contribution in [1.29, 1.82) is 0 Å². The molecule has 3 heterocycles. The summed E-state index contributed by atoms with van der Waals surface area (Å²) in [6.45, 7) is 6.67. The summed E-state index contributed by atoms with van der Waals surface area (Å²) >= 11 is 3.65. The maximum absolute atomic E-state index is 5.08. The molecule has 2 aromatic heterocycles. The monoisotopic (exact) mass is 471 g/mol. The number of likely N-dealkylation sites (tertiary alicyclic amines) is 1. The molecule has 2 aliphatic rings. The summed E-state index contributed by atoms with van der Waals surface area (Å²) < 4.78 is 3.07. The largest absolute Gasteiger partial charge is 0.301 e. The fourth-order valence-corrected chi connectivity index (χ4v) is 5.42. The van der Waals surface area contributed by atoms with E-state index in [1.165, 1.54) is 58.0 Å². The van der Waals surface area contributed by atoms with E-state index in [1.807, 2.05) is 0 Å². The fourth-order valence-electron chi connectivity index (χ4n) is 4.88. The molecule has 1 aliphatic carbocycles. The van der Waals surface area contributed by atoms with Crippen molar-refractivity contribution in [3.8, 4) is 11.4 Å². The summed E-state index contributed by atoms with van der Waals surface area (Å²) in [7, 11) is 0. The molecule has 0 bridgehead atoms. The number of fused-ring (bicyclic) bond motifs is 1. The molecule has 1 saturated carbocycles. The smallest absolute Gasteiger partial charge is 0.158 e. The van der Waals surface area contributed by atoms with Gasteiger partial charge in [-0.15, -0.1) is 0 Å². The molecule has 8 heteroatoms. The Kier molecular flexibility index (Phi) is 5.87. The summed E-state index contributed by atoms with van der Waals surface area (Å²) in [5.74, 6) is 3.28. The molecule has 7 nitrogen and oxygen atoms in total. The maximum atomic E-state index is 5.08. The van der Waals surface area contributed by atoms with Gasteiger partial charge in [0, 0.05) is 22.5 Å². The van der Waals surface area contributed by atoms with Gasteiger partial charge in [-0.3, -0.25) is 0 Å². The molecular formula is C22H30BrN7. The van der Waals surface area contributed by atoms with Crippen molar-refractivity contribution in [2.75, 3.05) is 19.6 Å². The van der Waals surface area contributed by atoms with E-state index in [1.54, 1.807) is 0 Å². The van der Waals surface area contributed by atoms with Crippen molar-refractivity contribution < 1.29 is 0 Å². The Balaban J connectivity index is 1.46. The first-order chi connectivity index (χ1) is 14.7. The van der Waals surface area contributed by atoms with Crippen molar-refractivity contribution in [2.45, 2.75) is 64.3 Å². The lowest BCUT2D eigenvalue weighted by Gasteiger charge is -2.26. The van der Waals surface area contributed by atoms with E-state index in [-0.39, 0.29) is 0 Å². The number of piperidine rings is 1. The second kappa shape index (κ2) is 8.75. The Morgan fingerprint density at radius 3 is 2.63 bits per heavy atom. The summed E-state index contributed by atoms with van der Waals surface area (Å²) in [6.07, 6.45) is 8.93. The fraction of sp³-hybridized carbons (Fsp3) is 0.636. The third-order valence-electron chi connectivity index (χ3n) is 6.78. The van der Waals surface area contributed by atoms with Crippen molar-refractivity contribution in [3.05, 3.63) is 22.4 Å². The molecule has 3 aromatic rings. The highest BCUT2D eigenvalue weighted by atomic mass is 79.9. The van der Waals surface area contributed by atoms with Crippen molar-refractivity contribution in [2.24, 2.45) is 5.92 Å². The molecule has 1 aliphatic heterocycles. The lowest BCUT2D eigenvalue weighted by molar-refractivity contribution is 0.218. The first kappa shape index (κ1) is 20.1. The SMILES string of the molecule is CC1CCC(c2nc(-c3cc(Br)c4n[nH]nc4c3)n(CCN3CCCCC3)n2)CC1. The Morgan fingerprint density at radius 1 is 1.03 bits per heavy atom. The molecule has 1 saturated heterocycles. The van der Waals surface area contributed by atoms with Gasteiger partial charge in [-0.25, -0.2) is 9.67 Å². The van der Waals surface area contributed by atoms with E-state index in [0.717, 1.165) is 51.7 Å². The molecule has 0 amide bonds. The van der Waals surface area contributed by atoms with E-state index in [2.05, 4.69) is 60.0 Å². The molecule has 1 aromatic carbocycles. The Hall–Kier alpha value is -1.80. The lowest BCUT2D eigenvalue weighted by Crippen LogP contribution is -2.32. The van der Waals surface area contributed by atoms with E-state index in [9.17, 15) is 0 Å². The highest BCUT2D eigenvalue weighted by molar-refractivity contribution is 9.10. The topological polar surface area (TPSA) is 75.5 Å². The molecule has 160 valence electrons. The van der Waals surface area contributed by atoms with E-state index < -0.39 is 0 Å². The molecule has 0 unspecified atom stereocenters. The zero-order valence-corrected chi connectivity index (χ0v) is 19.2. The van der Waals surface area contributed by atoms with Gasteiger partial charge in [0.25, 0.3) is 0 Å². The van der Waals surface area contributed by atoms with Gasteiger partial charge < -0.3 is 4.90 Å². The van der Waals surface area contributed by atoms with Crippen LogP contribution in [0, 0.1) is 5.92 Å². The summed E-state index contributed by atoms with van der Waals surface area (Å²) in [5.41, 5.74) is 2.74. The Morgan fingerprint density at radius 2 is 1.83 bits per heavy atom. The molecule has 0 atom stereocenters. The lowest BCUT2D eigenvalue weighted by atomic mass is 9.83. The first-order valence-corrected chi connectivity index (χ1v) is 12.1. The van der Waals surface area contributed by atoms with Gasteiger partial charge in [0.05, 0.1) is 6.54 Å². The number of aromatic amines is 1. The second-order valence-corrected chi connectivity index (χ2v) is 9.88. The Bertz CT molecular complexity index is 996. The van der Waals surface area contributed by atoms with E-state index in [4.69, 9.17) is 10.1 Å². The number of benzene rings is 1. The van der Waals surface area contributed by atoms with E-state index >= 15 is 0 Å². The van der Waals surface area contributed by atoms with Gasteiger partial charge in [-0.05, 0) is 72.8 Å². The third kappa shape index (κ3) is 4.17. The van der Waals surface area contributed by atoms with Gasteiger partial charge >= 0.3 is 0 Å². The van der Waals surface area contributed by atoms with Crippen molar-refractivity contribution in [3.63, 3.8) is 0 Å². The van der Waals surface area contributed by atoms with Crippen LogP contribution in [0.3, 0.4) is 0 Å². The zero-order chi connectivity index (χ0) is 20.5. The maximum Gasteiger partial charge on any atom is 0.158 e. The average molecular weight is 472 g/mol. The van der Waals surface area contributed by atoms with Crippen LogP contribution in [0.5, 0.6) is 0 Å². The highest BCUT2D eigenvalue weighted by Gasteiger charge is 2.25. The number of hydrogen-bond acceptors (Lipinski definition) is 5. The highest BCUT2D eigenvalue weighted by Crippen LogP contribution is 2.35. The van der Waals surface area contributed by atoms with E-state index in [0.29, 0.717) is 5.92 Å².